The highest BCUT2D eigenvalue weighted by Crippen LogP contribution is 2.41. The van der Waals surface area contributed by atoms with Crippen molar-refractivity contribution in [2.45, 2.75) is 0 Å². The van der Waals surface area contributed by atoms with Gasteiger partial charge in [-0.05, 0) is 29.8 Å². The molecule has 3 aromatic heterocycles. The highest BCUT2D eigenvalue weighted by atomic mass is 35.5. The quantitative estimate of drug-likeness (QED) is 0.194. The Balaban J connectivity index is 1.47. The number of methoxy groups -OCH3 is 3. The van der Waals surface area contributed by atoms with E-state index in [1.165, 1.54) is 23.6 Å². The van der Waals surface area contributed by atoms with Gasteiger partial charge in [-0.25, -0.2) is 9.97 Å². The minimum atomic E-state index is -0.296. The van der Waals surface area contributed by atoms with E-state index >= 15 is 0 Å². The summed E-state index contributed by atoms with van der Waals surface area (Å²) in [6, 6.07) is 14.1. The van der Waals surface area contributed by atoms with E-state index in [1.54, 1.807) is 45.6 Å². The number of fused-ring (bicyclic) bond motifs is 1. The summed E-state index contributed by atoms with van der Waals surface area (Å²) >= 11 is 7.37. The number of halogens is 1. The molecule has 0 fully saturated rings. The Bertz CT molecular complexity index is 1670. The normalized spacial score (nSPS) is 10.8. The van der Waals surface area contributed by atoms with Gasteiger partial charge in [0.15, 0.2) is 11.5 Å². The van der Waals surface area contributed by atoms with E-state index in [9.17, 15) is 4.79 Å². The van der Waals surface area contributed by atoms with Crippen molar-refractivity contribution in [1.82, 2.24) is 15.0 Å². The fraction of sp³-hybridized carbons (Fsp3) is 0.111. The summed E-state index contributed by atoms with van der Waals surface area (Å²) in [5.74, 6) is 1.78. The van der Waals surface area contributed by atoms with Crippen molar-refractivity contribution in [3.63, 3.8) is 0 Å². The number of hydrogen-bond donors (Lipinski definition) is 3. The number of aromatic nitrogens is 3. The van der Waals surface area contributed by atoms with Gasteiger partial charge in [-0.2, -0.15) is 4.98 Å². The Morgan fingerprint density at radius 2 is 1.74 bits per heavy atom. The number of nitrogen functional groups attached to an aromatic ring is 1. The van der Waals surface area contributed by atoms with Gasteiger partial charge in [-0.15, -0.1) is 11.3 Å². The van der Waals surface area contributed by atoms with E-state index in [1.807, 2.05) is 23.6 Å². The van der Waals surface area contributed by atoms with Gasteiger partial charge in [0.05, 0.1) is 31.5 Å². The second kappa shape index (κ2) is 11.0. The fourth-order valence-corrected chi connectivity index (χ4v) is 5.09. The number of rotatable bonds is 8. The molecule has 0 aliphatic carbocycles. The summed E-state index contributed by atoms with van der Waals surface area (Å²) in [7, 11) is 4.63. The zero-order valence-electron chi connectivity index (χ0n) is 21.1. The number of benzene rings is 2. The molecule has 0 aliphatic rings. The van der Waals surface area contributed by atoms with Crippen LogP contribution in [0.15, 0.2) is 60.1 Å². The molecule has 3 heterocycles. The Kier molecular flexibility index (Phi) is 7.35. The van der Waals surface area contributed by atoms with Crippen LogP contribution in [-0.4, -0.2) is 42.2 Å². The SMILES string of the molecule is COc1cc(Nc2nc(N)c3scc(-c4cccc(NC(=O)c5ccnc(Cl)c5)c4)c3n2)cc(OC)c1OC. The monoisotopic (exact) mass is 562 g/mol. The highest BCUT2D eigenvalue weighted by molar-refractivity contribution is 7.18. The smallest absolute Gasteiger partial charge is 0.255 e. The molecule has 2 aromatic carbocycles. The average molecular weight is 563 g/mol. The van der Waals surface area contributed by atoms with Gasteiger partial charge in [0.1, 0.15) is 11.0 Å². The first-order valence-electron chi connectivity index (χ1n) is 11.5. The first kappa shape index (κ1) is 26.0. The summed E-state index contributed by atoms with van der Waals surface area (Å²) in [4.78, 5) is 25.8. The Morgan fingerprint density at radius 3 is 2.44 bits per heavy atom. The van der Waals surface area contributed by atoms with Crippen molar-refractivity contribution >= 4 is 62.2 Å². The molecule has 0 saturated heterocycles. The number of amides is 1. The zero-order chi connectivity index (χ0) is 27.5. The summed E-state index contributed by atoms with van der Waals surface area (Å²) < 4.78 is 17.0. The number of pyridine rings is 1. The van der Waals surface area contributed by atoms with E-state index in [4.69, 9.17) is 36.5 Å². The first-order valence-corrected chi connectivity index (χ1v) is 12.8. The molecule has 1 amide bonds. The lowest BCUT2D eigenvalue weighted by Gasteiger charge is -2.15. The molecule has 0 atom stereocenters. The van der Waals surface area contributed by atoms with Crippen molar-refractivity contribution in [1.29, 1.82) is 0 Å². The highest BCUT2D eigenvalue weighted by Gasteiger charge is 2.17. The number of ether oxygens (including phenoxy) is 3. The van der Waals surface area contributed by atoms with Gasteiger partial charge in [0.25, 0.3) is 5.91 Å². The summed E-state index contributed by atoms with van der Waals surface area (Å²) in [6.07, 6.45) is 1.49. The zero-order valence-corrected chi connectivity index (χ0v) is 22.7. The van der Waals surface area contributed by atoms with E-state index in [2.05, 4.69) is 20.6 Å². The minimum Gasteiger partial charge on any atom is -0.493 e. The topological polar surface area (TPSA) is 134 Å². The van der Waals surface area contributed by atoms with Crippen LogP contribution in [0.5, 0.6) is 17.2 Å². The molecule has 4 N–H and O–H groups in total. The van der Waals surface area contributed by atoms with Crippen molar-refractivity contribution in [2.24, 2.45) is 0 Å². The maximum atomic E-state index is 12.7. The van der Waals surface area contributed by atoms with Gasteiger partial charge in [0, 0.05) is 46.2 Å². The number of carbonyl (C=O) groups excluding carboxylic acids is 1. The number of carbonyl (C=O) groups is 1. The second-order valence-corrected chi connectivity index (χ2v) is 9.47. The van der Waals surface area contributed by atoms with Crippen LogP contribution >= 0.6 is 22.9 Å². The van der Waals surface area contributed by atoms with Crippen molar-refractivity contribution in [3.8, 4) is 28.4 Å². The third kappa shape index (κ3) is 5.35. The Morgan fingerprint density at radius 1 is 0.974 bits per heavy atom. The first-order chi connectivity index (χ1) is 18.9. The van der Waals surface area contributed by atoms with E-state index in [0.717, 1.165) is 15.8 Å². The van der Waals surface area contributed by atoms with Gasteiger partial charge >= 0.3 is 0 Å². The molecule has 0 radical (unpaired) electrons. The molecule has 10 nitrogen and oxygen atoms in total. The van der Waals surface area contributed by atoms with Gasteiger partial charge < -0.3 is 30.6 Å². The molecule has 12 heteroatoms. The lowest BCUT2D eigenvalue weighted by molar-refractivity contribution is 0.102. The van der Waals surface area contributed by atoms with Crippen molar-refractivity contribution in [3.05, 3.63) is 70.8 Å². The molecule has 0 saturated carbocycles. The van der Waals surface area contributed by atoms with Crippen LogP contribution in [0.1, 0.15) is 10.4 Å². The lowest BCUT2D eigenvalue weighted by atomic mass is 10.1. The maximum absolute atomic E-state index is 12.7. The van der Waals surface area contributed by atoms with Crippen molar-refractivity contribution in [2.75, 3.05) is 37.7 Å². The maximum Gasteiger partial charge on any atom is 0.255 e. The molecule has 0 unspecified atom stereocenters. The molecule has 198 valence electrons. The predicted octanol–water partition coefficient (Wildman–Crippen LogP) is 6.01. The van der Waals surface area contributed by atoms with Crippen LogP contribution in [0.25, 0.3) is 21.3 Å². The average Bonchev–Trinajstić information content (AvgIpc) is 3.37. The van der Waals surface area contributed by atoms with Crippen LogP contribution < -0.4 is 30.6 Å². The van der Waals surface area contributed by atoms with Crippen LogP contribution in [0.3, 0.4) is 0 Å². The predicted molar refractivity (Wildman–Crippen MR) is 154 cm³/mol. The number of nitrogens with zero attached hydrogens (tertiary/aromatic N) is 3. The fourth-order valence-electron chi connectivity index (χ4n) is 3.99. The number of hydrogen-bond acceptors (Lipinski definition) is 10. The standard InChI is InChI=1S/C27H23ClN6O4S/c1-36-19-11-17(12-20(37-2)23(19)38-3)32-27-33-22-18(13-39-24(22)25(29)34-27)14-5-4-6-16(9-14)31-26(35)15-7-8-30-21(28)10-15/h4-13H,1-3H3,(H,31,35)(H3,29,32,33,34). The van der Waals surface area contributed by atoms with E-state index in [0.29, 0.717) is 51.5 Å². The second-order valence-electron chi connectivity index (χ2n) is 8.20. The Hall–Kier alpha value is -4.61. The van der Waals surface area contributed by atoms with Crippen LogP contribution in [0, 0.1) is 0 Å². The van der Waals surface area contributed by atoms with Gasteiger partial charge in [0.2, 0.25) is 11.7 Å². The molecular weight excluding hydrogens is 540 g/mol. The third-order valence-corrected chi connectivity index (χ3v) is 6.98. The third-order valence-electron chi connectivity index (χ3n) is 5.78. The largest absolute Gasteiger partial charge is 0.493 e. The van der Waals surface area contributed by atoms with E-state index < -0.39 is 0 Å². The summed E-state index contributed by atoms with van der Waals surface area (Å²) in [6.45, 7) is 0. The van der Waals surface area contributed by atoms with Gasteiger partial charge in [-0.1, -0.05) is 23.7 Å². The van der Waals surface area contributed by atoms with Crippen LogP contribution in [0.2, 0.25) is 5.15 Å². The number of anilines is 4. The lowest BCUT2D eigenvalue weighted by Crippen LogP contribution is -2.11. The Labute approximate surface area is 232 Å². The molecule has 0 bridgehead atoms. The molecule has 39 heavy (non-hydrogen) atoms. The van der Waals surface area contributed by atoms with E-state index in [-0.39, 0.29) is 11.1 Å². The minimum absolute atomic E-state index is 0.245. The molecular formula is C27H23ClN6O4S. The summed E-state index contributed by atoms with van der Waals surface area (Å²) in [5, 5.41) is 8.28. The molecule has 5 rings (SSSR count). The summed E-state index contributed by atoms with van der Waals surface area (Å²) in [5.41, 5.74) is 10.3. The van der Waals surface area contributed by atoms with Crippen LogP contribution in [0.4, 0.5) is 23.1 Å². The van der Waals surface area contributed by atoms with Crippen LogP contribution in [-0.2, 0) is 0 Å². The number of nitrogens with two attached hydrogens (primary N) is 1. The molecule has 5 aromatic rings. The van der Waals surface area contributed by atoms with Crippen molar-refractivity contribution < 1.29 is 19.0 Å². The number of thiophene rings is 1. The molecule has 0 aliphatic heterocycles. The van der Waals surface area contributed by atoms with Gasteiger partial charge in [-0.3, -0.25) is 4.79 Å². The number of nitrogens with one attached hydrogen (secondary N) is 2. The molecule has 0 spiro atoms.